The van der Waals surface area contributed by atoms with Gasteiger partial charge in [-0.1, -0.05) is 6.92 Å². The topological polar surface area (TPSA) is 74.8 Å². The summed E-state index contributed by atoms with van der Waals surface area (Å²) >= 11 is 0. The summed E-state index contributed by atoms with van der Waals surface area (Å²) in [6, 6.07) is -1.16. The molecule has 3 rings (SSSR count). The third kappa shape index (κ3) is 2.45. The first kappa shape index (κ1) is 14.8. The zero-order valence-electron chi connectivity index (χ0n) is 12.3. The Labute approximate surface area is 125 Å². The minimum absolute atomic E-state index is 0.00238. The number of carbonyl (C=O) groups excluding carboxylic acids is 2. The number of hydrogen-bond donors (Lipinski definition) is 0. The Balaban J connectivity index is 1.91. The summed E-state index contributed by atoms with van der Waals surface area (Å²) in [6.07, 6.45) is 3.37. The van der Waals surface area contributed by atoms with Crippen molar-refractivity contribution in [1.82, 2.24) is 9.80 Å². The van der Waals surface area contributed by atoms with Crippen LogP contribution in [0.5, 0.6) is 0 Å². The lowest BCUT2D eigenvalue weighted by molar-refractivity contribution is -0.162. The van der Waals surface area contributed by atoms with Gasteiger partial charge in [0.25, 0.3) is 0 Å². The smallest absolute Gasteiger partial charge is 0.246 e. The molecule has 0 aliphatic carbocycles. The average molecular weight is 314 g/mol. The Kier molecular flexibility index (Phi) is 3.71. The SMILES string of the molecule is CCC1C(=O)N2CCCC2C(=O)N1C1CCCS(=O)(=O)C1. The van der Waals surface area contributed by atoms with Crippen LogP contribution in [0.2, 0.25) is 0 Å². The van der Waals surface area contributed by atoms with E-state index in [4.69, 9.17) is 0 Å². The second-order valence-corrected chi connectivity index (χ2v) is 8.50. The highest BCUT2D eigenvalue weighted by atomic mass is 32.2. The van der Waals surface area contributed by atoms with Gasteiger partial charge >= 0.3 is 0 Å². The molecule has 2 amide bonds. The molecule has 3 unspecified atom stereocenters. The molecule has 0 saturated carbocycles. The fourth-order valence-corrected chi connectivity index (χ4v) is 5.63. The number of sulfone groups is 1. The molecule has 3 atom stereocenters. The van der Waals surface area contributed by atoms with E-state index in [-0.39, 0.29) is 35.4 Å². The maximum absolute atomic E-state index is 12.8. The number of piperazine rings is 1. The zero-order valence-corrected chi connectivity index (χ0v) is 13.1. The van der Waals surface area contributed by atoms with E-state index in [9.17, 15) is 18.0 Å². The van der Waals surface area contributed by atoms with Gasteiger partial charge in [0.05, 0.1) is 11.5 Å². The normalized spacial score (nSPS) is 36.0. The van der Waals surface area contributed by atoms with Crippen LogP contribution < -0.4 is 0 Å². The minimum atomic E-state index is -3.09. The molecular weight excluding hydrogens is 292 g/mol. The van der Waals surface area contributed by atoms with E-state index in [2.05, 4.69) is 0 Å². The van der Waals surface area contributed by atoms with Crippen LogP contribution in [0.25, 0.3) is 0 Å². The van der Waals surface area contributed by atoms with Crippen molar-refractivity contribution in [2.45, 2.75) is 57.2 Å². The third-order valence-electron chi connectivity index (χ3n) is 4.92. The molecule has 0 aromatic heterocycles. The molecule has 3 heterocycles. The van der Waals surface area contributed by atoms with Crippen LogP contribution in [0.1, 0.15) is 39.0 Å². The molecule has 21 heavy (non-hydrogen) atoms. The van der Waals surface area contributed by atoms with Crippen molar-refractivity contribution in [3.63, 3.8) is 0 Å². The van der Waals surface area contributed by atoms with E-state index in [1.807, 2.05) is 6.92 Å². The molecule has 6 nitrogen and oxygen atoms in total. The molecule has 0 N–H and O–H groups in total. The molecular formula is C14H22N2O4S. The van der Waals surface area contributed by atoms with Gasteiger partial charge in [0, 0.05) is 12.6 Å². The number of fused-ring (bicyclic) bond motifs is 1. The van der Waals surface area contributed by atoms with E-state index in [0.29, 0.717) is 32.2 Å². The van der Waals surface area contributed by atoms with E-state index in [0.717, 1.165) is 6.42 Å². The van der Waals surface area contributed by atoms with Crippen molar-refractivity contribution in [3.05, 3.63) is 0 Å². The summed E-state index contributed by atoms with van der Waals surface area (Å²) in [5.74, 6) is 0.171. The van der Waals surface area contributed by atoms with Crippen LogP contribution in [-0.2, 0) is 19.4 Å². The highest BCUT2D eigenvalue weighted by molar-refractivity contribution is 7.91. The highest BCUT2D eigenvalue weighted by Crippen LogP contribution is 2.32. The standard InChI is InChI=1S/C14H22N2O4S/c1-2-11-13(17)15-7-3-6-12(15)14(18)16(11)10-5-4-8-21(19,20)9-10/h10-12H,2-9H2,1H3. The number of rotatable bonds is 2. The minimum Gasteiger partial charge on any atom is -0.329 e. The first-order valence-electron chi connectivity index (χ1n) is 7.77. The van der Waals surface area contributed by atoms with Crippen LogP contribution in [0, 0.1) is 0 Å². The van der Waals surface area contributed by atoms with Crippen molar-refractivity contribution in [2.75, 3.05) is 18.1 Å². The number of amides is 2. The summed E-state index contributed by atoms with van der Waals surface area (Å²) in [4.78, 5) is 28.7. The largest absolute Gasteiger partial charge is 0.329 e. The van der Waals surface area contributed by atoms with Crippen molar-refractivity contribution < 1.29 is 18.0 Å². The monoisotopic (exact) mass is 314 g/mol. The molecule has 3 saturated heterocycles. The Morgan fingerprint density at radius 3 is 2.57 bits per heavy atom. The maximum atomic E-state index is 12.8. The van der Waals surface area contributed by atoms with Gasteiger partial charge in [0.15, 0.2) is 9.84 Å². The van der Waals surface area contributed by atoms with Crippen molar-refractivity contribution in [1.29, 1.82) is 0 Å². The summed E-state index contributed by atoms with van der Waals surface area (Å²) in [6.45, 7) is 2.54. The molecule has 0 bridgehead atoms. The fourth-order valence-electron chi connectivity index (χ4n) is 3.95. The van der Waals surface area contributed by atoms with Crippen LogP contribution in [0.3, 0.4) is 0 Å². The molecule has 0 spiro atoms. The average Bonchev–Trinajstić information content (AvgIpc) is 2.91. The second-order valence-electron chi connectivity index (χ2n) is 6.27. The third-order valence-corrected chi connectivity index (χ3v) is 6.72. The van der Waals surface area contributed by atoms with Gasteiger partial charge in [-0.15, -0.1) is 0 Å². The molecule has 7 heteroatoms. The summed E-state index contributed by atoms with van der Waals surface area (Å²) < 4.78 is 23.8. The van der Waals surface area contributed by atoms with Crippen LogP contribution in [0.4, 0.5) is 0 Å². The zero-order chi connectivity index (χ0) is 15.2. The lowest BCUT2D eigenvalue weighted by atomic mass is 9.99. The van der Waals surface area contributed by atoms with Crippen LogP contribution >= 0.6 is 0 Å². The maximum Gasteiger partial charge on any atom is 0.246 e. The summed E-state index contributed by atoms with van der Waals surface area (Å²) in [5.41, 5.74) is 0. The molecule has 0 aromatic rings. The molecule has 0 radical (unpaired) electrons. The Hall–Kier alpha value is -1.11. The molecule has 3 fully saturated rings. The molecule has 0 aromatic carbocycles. The van der Waals surface area contributed by atoms with E-state index < -0.39 is 15.9 Å². The van der Waals surface area contributed by atoms with Crippen molar-refractivity contribution in [2.24, 2.45) is 0 Å². The van der Waals surface area contributed by atoms with Gasteiger partial charge in [0.1, 0.15) is 12.1 Å². The van der Waals surface area contributed by atoms with E-state index in [1.54, 1.807) is 9.80 Å². The Morgan fingerprint density at radius 2 is 1.90 bits per heavy atom. The first-order valence-corrected chi connectivity index (χ1v) is 9.60. The number of nitrogens with zero attached hydrogens (tertiary/aromatic N) is 2. The van der Waals surface area contributed by atoms with E-state index in [1.165, 1.54) is 0 Å². The van der Waals surface area contributed by atoms with Crippen LogP contribution in [-0.4, -0.2) is 66.2 Å². The highest BCUT2D eigenvalue weighted by Gasteiger charge is 2.50. The summed E-state index contributed by atoms with van der Waals surface area (Å²) in [7, 11) is -3.09. The first-order chi connectivity index (χ1) is 9.94. The van der Waals surface area contributed by atoms with Crippen molar-refractivity contribution >= 4 is 21.7 Å². The van der Waals surface area contributed by atoms with Gasteiger partial charge in [-0.3, -0.25) is 9.59 Å². The lowest BCUT2D eigenvalue weighted by Gasteiger charge is -2.46. The fraction of sp³-hybridized carbons (Fsp3) is 0.857. The van der Waals surface area contributed by atoms with Crippen molar-refractivity contribution in [3.8, 4) is 0 Å². The quantitative estimate of drug-likeness (QED) is 0.728. The molecule has 118 valence electrons. The van der Waals surface area contributed by atoms with Gasteiger partial charge in [-0.25, -0.2) is 8.42 Å². The van der Waals surface area contributed by atoms with Gasteiger partial charge in [-0.05, 0) is 32.1 Å². The van der Waals surface area contributed by atoms with Gasteiger partial charge < -0.3 is 9.80 Å². The predicted molar refractivity (Wildman–Crippen MR) is 77.3 cm³/mol. The summed E-state index contributed by atoms with van der Waals surface area (Å²) in [5, 5.41) is 0. The Morgan fingerprint density at radius 1 is 1.14 bits per heavy atom. The Bertz CT molecular complexity index is 559. The molecule has 3 aliphatic heterocycles. The predicted octanol–water partition coefficient (Wildman–Crippen LogP) is 0.175. The second kappa shape index (κ2) is 5.26. The number of carbonyl (C=O) groups is 2. The van der Waals surface area contributed by atoms with Gasteiger partial charge in [-0.2, -0.15) is 0 Å². The number of hydrogen-bond acceptors (Lipinski definition) is 4. The van der Waals surface area contributed by atoms with E-state index >= 15 is 0 Å². The molecule has 3 aliphatic rings. The lowest BCUT2D eigenvalue weighted by Crippen LogP contribution is -2.66. The van der Waals surface area contributed by atoms with Gasteiger partial charge in [0.2, 0.25) is 11.8 Å². The van der Waals surface area contributed by atoms with Crippen LogP contribution in [0.15, 0.2) is 0 Å².